The lowest BCUT2D eigenvalue weighted by Crippen LogP contribution is -2.43. The van der Waals surface area contributed by atoms with Crippen molar-refractivity contribution < 1.29 is 9.53 Å². The maximum atomic E-state index is 12.0. The molecular weight excluding hydrogens is 372 g/mol. The van der Waals surface area contributed by atoms with Gasteiger partial charge < -0.3 is 20.7 Å². The predicted molar refractivity (Wildman–Crippen MR) is 117 cm³/mol. The Hall–Kier alpha value is -2.54. The lowest BCUT2D eigenvalue weighted by atomic mass is 10.1. The van der Waals surface area contributed by atoms with Crippen molar-refractivity contribution in [2.24, 2.45) is 4.99 Å². The summed E-state index contributed by atoms with van der Waals surface area (Å²) in [5.41, 5.74) is 0.907. The van der Waals surface area contributed by atoms with Gasteiger partial charge in [-0.2, -0.15) is 0 Å². The second-order valence-electron chi connectivity index (χ2n) is 7.34. The molecule has 0 unspecified atom stereocenters. The SMILES string of the molecule is CCNC(=NCC(=O)NC(C)(C)C)NCc1ccc(-c2ccc(OC)cc2)s1. The van der Waals surface area contributed by atoms with Gasteiger partial charge in [-0.3, -0.25) is 4.79 Å². The van der Waals surface area contributed by atoms with Gasteiger partial charge in [0.2, 0.25) is 5.91 Å². The van der Waals surface area contributed by atoms with Gasteiger partial charge in [0.05, 0.1) is 13.7 Å². The fourth-order valence-electron chi connectivity index (χ4n) is 2.50. The van der Waals surface area contributed by atoms with Crippen LogP contribution < -0.4 is 20.7 Å². The molecule has 6 nitrogen and oxygen atoms in total. The number of ether oxygens (including phenoxy) is 1. The Morgan fingerprint density at radius 3 is 2.43 bits per heavy atom. The normalized spacial score (nSPS) is 11.8. The topological polar surface area (TPSA) is 74.8 Å². The second kappa shape index (κ2) is 10.1. The highest BCUT2D eigenvalue weighted by Crippen LogP contribution is 2.29. The molecule has 0 radical (unpaired) electrons. The number of hydrogen-bond acceptors (Lipinski definition) is 4. The summed E-state index contributed by atoms with van der Waals surface area (Å²) in [6.45, 7) is 9.33. The number of rotatable bonds is 7. The number of thiophene rings is 1. The van der Waals surface area contributed by atoms with E-state index in [0.29, 0.717) is 12.5 Å². The monoisotopic (exact) mass is 402 g/mol. The smallest absolute Gasteiger partial charge is 0.242 e. The largest absolute Gasteiger partial charge is 0.497 e. The number of carbonyl (C=O) groups is 1. The fraction of sp³-hybridized carbons (Fsp3) is 0.429. The van der Waals surface area contributed by atoms with Gasteiger partial charge in [0.15, 0.2) is 5.96 Å². The lowest BCUT2D eigenvalue weighted by molar-refractivity contribution is -0.121. The Morgan fingerprint density at radius 2 is 1.82 bits per heavy atom. The molecule has 1 aromatic carbocycles. The minimum Gasteiger partial charge on any atom is -0.497 e. The first-order chi connectivity index (χ1) is 13.3. The highest BCUT2D eigenvalue weighted by atomic mass is 32.1. The van der Waals surface area contributed by atoms with Crippen molar-refractivity contribution in [1.82, 2.24) is 16.0 Å². The van der Waals surface area contributed by atoms with Gasteiger partial charge in [0, 0.05) is 21.8 Å². The third-order valence-electron chi connectivity index (χ3n) is 3.71. The molecule has 3 N–H and O–H groups in total. The molecule has 1 heterocycles. The minimum absolute atomic E-state index is 0.0914. The van der Waals surface area contributed by atoms with Crippen LogP contribution in [0.15, 0.2) is 41.4 Å². The fourth-order valence-corrected chi connectivity index (χ4v) is 3.46. The van der Waals surface area contributed by atoms with E-state index >= 15 is 0 Å². The number of guanidine groups is 1. The van der Waals surface area contributed by atoms with Crippen molar-refractivity contribution >= 4 is 23.2 Å². The van der Waals surface area contributed by atoms with E-state index < -0.39 is 0 Å². The van der Waals surface area contributed by atoms with Crippen LogP contribution in [0.25, 0.3) is 10.4 Å². The van der Waals surface area contributed by atoms with Gasteiger partial charge in [-0.25, -0.2) is 4.99 Å². The average molecular weight is 403 g/mol. The standard InChI is InChI=1S/C21H30N4O2S/c1-6-22-20(24-14-19(26)25-21(2,3)4)23-13-17-11-12-18(28-17)15-7-9-16(27-5)10-8-15/h7-12H,6,13-14H2,1-5H3,(H,25,26)(H2,22,23,24). The molecule has 0 aliphatic carbocycles. The van der Waals surface area contributed by atoms with Crippen molar-refractivity contribution in [2.75, 3.05) is 20.2 Å². The van der Waals surface area contributed by atoms with E-state index in [9.17, 15) is 4.79 Å². The Kier molecular flexibility index (Phi) is 7.87. The van der Waals surface area contributed by atoms with Gasteiger partial charge >= 0.3 is 0 Å². The molecular formula is C21H30N4O2S. The zero-order chi connectivity index (χ0) is 20.6. The molecule has 0 aliphatic heterocycles. The zero-order valence-electron chi connectivity index (χ0n) is 17.3. The Labute approximate surface area is 171 Å². The van der Waals surface area contributed by atoms with Crippen LogP contribution >= 0.6 is 11.3 Å². The molecule has 2 aromatic rings. The van der Waals surface area contributed by atoms with Crippen LogP contribution in [-0.4, -0.2) is 37.6 Å². The summed E-state index contributed by atoms with van der Waals surface area (Å²) in [7, 11) is 1.67. The molecule has 0 fully saturated rings. The molecule has 0 saturated carbocycles. The Balaban J connectivity index is 1.95. The first kappa shape index (κ1) is 21.8. The summed E-state index contributed by atoms with van der Waals surface area (Å²) < 4.78 is 5.21. The van der Waals surface area contributed by atoms with Crippen LogP contribution in [-0.2, 0) is 11.3 Å². The van der Waals surface area contributed by atoms with Gasteiger partial charge in [-0.1, -0.05) is 0 Å². The molecule has 28 heavy (non-hydrogen) atoms. The van der Waals surface area contributed by atoms with E-state index in [-0.39, 0.29) is 18.0 Å². The Bertz CT molecular complexity index is 791. The van der Waals surface area contributed by atoms with Gasteiger partial charge in [-0.05, 0) is 69.7 Å². The summed E-state index contributed by atoms with van der Waals surface area (Å²) in [4.78, 5) is 18.7. The van der Waals surface area contributed by atoms with E-state index in [1.54, 1.807) is 18.4 Å². The summed E-state index contributed by atoms with van der Waals surface area (Å²) in [6, 6.07) is 12.3. The highest BCUT2D eigenvalue weighted by Gasteiger charge is 2.13. The molecule has 0 saturated heterocycles. The van der Waals surface area contributed by atoms with Crippen LogP contribution in [0.1, 0.15) is 32.6 Å². The second-order valence-corrected chi connectivity index (χ2v) is 8.51. The van der Waals surface area contributed by atoms with E-state index in [1.165, 1.54) is 9.75 Å². The third-order valence-corrected chi connectivity index (χ3v) is 4.84. The Morgan fingerprint density at radius 1 is 1.11 bits per heavy atom. The van der Waals surface area contributed by atoms with Crippen molar-refractivity contribution in [3.8, 4) is 16.2 Å². The maximum Gasteiger partial charge on any atom is 0.242 e. The summed E-state index contributed by atoms with van der Waals surface area (Å²) in [5, 5.41) is 9.37. The van der Waals surface area contributed by atoms with Crippen LogP contribution in [0.3, 0.4) is 0 Å². The quantitative estimate of drug-likeness (QED) is 0.490. The molecule has 0 spiro atoms. The number of hydrogen-bond donors (Lipinski definition) is 3. The summed E-state index contributed by atoms with van der Waals surface area (Å²) in [5.74, 6) is 1.39. The molecule has 0 bridgehead atoms. The number of nitrogens with one attached hydrogen (secondary N) is 3. The number of carbonyl (C=O) groups excluding carboxylic acids is 1. The molecule has 152 valence electrons. The van der Waals surface area contributed by atoms with Gasteiger partial charge in [0.25, 0.3) is 0 Å². The third kappa shape index (κ3) is 7.23. The number of benzene rings is 1. The number of methoxy groups -OCH3 is 1. The van der Waals surface area contributed by atoms with Crippen LogP contribution in [0.4, 0.5) is 0 Å². The molecule has 7 heteroatoms. The number of aliphatic imine (C=N–C) groups is 1. The van der Waals surface area contributed by atoms with E-state index in [0.717, 1.165) is 17.9 Å². The summed E-state index contributed by atoms with van der Waals surface area (Å²) >= 11 is 1.73. The van der Waals surface area contributed by atoms with Gasteiger partial charge in [-0.15, -0.1) is 11.3 Å². The van der Waals surface area contributed by atoms with E-state index in [1.807, 2.05) is 39.8 Å². The maximum absolute atomic E-state index is 12.0. The number of amides is 1. The van der Waals surface area contributed by atoms with Crippen molar-refractivity contribution in [3.63, 3.8) is 0 Å². The van der Waals surface area contributed by atoms with E-state index in [2.05, 4.69) is 45.2 Å². The molecule has 0 aliphatic rings. The molecule has 1 amide bonds. The molecule has 2 rings (SSSR count). The van der Waals surface area contributed by atoms with E-state index in [4.69, 9.17) is 4.74 Å². The van der Waals surface area contributed by atoms with Crippen molar-refractivity contribution in [1.29, 1.82) is 0 Å². The number of nitrogens with zero attached hydrogens (tertiary/aromatic N) is 1. The summed E-state index contributed by atoms with van der Waals surface area (Å²) in [6.07, 6.45) is 0. The van der Waals surface area contributed by atoms with Crippen molar-refractivity contribution in [3.05, 3.63) is 41.3 Å². The first-order valence-electron chi connectivity index (χ1n) is 9.37. The highest BCUT2D eigenvalue weighted by molar-refractivity contribution is 7.15. The van der Waals surface area contributed by atoms with Crippen LogP contribution in [0.5, 0.6) is 5.75 Å². The van der Waals surface area contributed by atoms with Crippen molar-refractivity contribution in [2.45, 2.75) is 39.8 Å². The lowest BCUT2D eigenvalue weighted by Gasteiger charge is -2.20. The zero-order valence-corrected chi connectivity index (χ0v) is 18.1. The molecule has 1 aromatic heterocycles. The van der Waals surface area contributed by atoms with Crippen LogP contribution in [0, 0.1) is 0 Å². The molecule has 0 atom stereocenters. The predicted octanol–water partition coefficient (Wildman–Crippen LogP) is 3.39. The minimum atomic E-state index is -0.257. The van der Waals surface area contributed by atoms with Gasteiger partial charge in [0.1, 0.15) is 12.3 Å². The van der Waals surface area contributed by atoms with Crippen LogP contribution in [0.2, 0.25) is 0 Å². The first-order valence-corrected chi connectivity index (χ1v) is 10.2. The average Bonchev–Trinajstić information content (AvgIpc) is 3.11.